The SMILES string of the molecule is O=S1(=O)Oc2c(Cl)cc(Cl)cc2S(=O)(=O)Oc2c(Cl)cc(Cl)cc21. The second-order valence-corrected chi connectivity index (χ2v) is 9.22. The molecule has 0 aromatic heterocycles. The fraction of sp³-hybridized carbons (Fsp3) is 0. The second-order valence-electron chi connectivity index (χ2n) is 4.50. The van der Waals surface area contributed by atoms with Crippen LogP contribution >= 0.6 is 46.4 Å². The summed E-state index contributed by atoms with van der Waals surface area (Å²) in [6, 6.07) is 4.14. The molecule has 0 bridgehead atoms. The molecule has 0 saturated heterocycles. The molecule has 12 heteroatoms. The lowest BCUT2D eigenvalue weighted by Crippen LogP contribution is -2.21. The number of fused-ring (bicyclic) bond motifs is 2. The number of benzene rings is 2. The van der Waals surface area contributed by atoms with E-state index in [1.165, 1.54) is 0 Å². The van der Waals surface area contributed by atoms with Gasteiger partial charge in [-0.3, -0.25) is 0 Å². The highest BCUT2D eigenvalue weighted by Crippen LogP contribution is 2.44. The van der Waals surface area contributed by atoms with Crippen LogP contribution in [-0.4, -0.2) is 16.8 Å². The molecule has 6 nitrogen and oxygen atoms in total. The molecule has 1 aliphatic rings. The van der Waals surface area contributed by atoms with Crippen molar-refractivity contribution >= 4 is 66.6 Å². The van der Waals surface area contributed by atoms with Crippen molar-refractivity contribution in [1.82, 2.24) is 0 Å². The van der Waals surface area contributed by atoms with Gasteiger partial charge in [0.05, 0.1) is 10.0 Å². The zero-order chi connectivity index (χ0) is 17.9. The summed E-state index contributed by atoms with van der Waals surface area (Å²) < 4.78 is 59.6. The minimum absolute atomic E-state index is 0.0603. The molecule has 0 saturated carbocycles. The molecular weight excluding hydrogens is 446 g/mol. The van der Waals surface area contributed by atoms with E-state index in [9.17, 15) is 16.8 Å². The number of halogens is 4. The van der Waals surface area contributed by atoms with Crippen molar-refractivity contribution in [2.24, 2.45) is 0 Å². The van der Waals surface area contributed by atoms with Gasteiger partial charge in [-0.05, 0) is 24.3 Å². The molecule has 0 radical (unpaired) electrons. The van der Waals surface area contributed by atoms with Gasteiger partial charge >= 0.3 is 20.2 Å². The molecule has 0 fully saturated rings. The molecule has 1 heterocycles. The quantitative estimate of drug-likeness (QED) is 0.561. The number of hydrogen-bond donors (Lipinski definition) is 0. The van der Waals surface area contributed by atoms with Gasteiger partial charge in [0, 0.05) is 10.0 Å². The van der Waals surface area contributed by atoms with Gasteiger partial charge in [-0.1, -0.05) is 46.4 Å². The Labute approximate surface area is 157 Å². The molecule has 0 atom stereocenters. The van der Waals surface area contributed by atoms with Crippen molar-refractivity contribution in [2.45, 2.75) is 9.79 Å². The first-order valence-electron chi connectivity index (χ1n) is 5.88. The first-order valence-corrected chi connectivity index (χ1v) is 10.2. The third-order valence-corrected chi connectivity index (χ3v) is 6.33. The van der Waals surface area contributed by atoms with E-state index in [0.717, 1.165) is 24.3 Å². The van der Waals surface area contributed by atoms with Crippen molar-refractivity contribution in [1.29, 1.82) is 0 Å². The summed E-state index contributed by atoms with van der Waals surface area (Å²) in [6.07, 6.45) is 0. The predicted molar refractivity (Wildman–Crippen MR) is 88.6 cm³/mol. The van der Waals surface area contributed by atoms with Crippen LogP contribution in [0.4, 0.5) is 0 Å². The van der Waals surface area contributed by atoms with Gasteiger partial charge in [0.1, 0.15) is 0 Å². The Hall–Kier alpha value is -0.900. The van der Waals surface area contributed by atoms with E-state index in [2.05, 4.69) is 0 Å². The molecule has 0 unspecified atom stereocenters. The van der Waals surface area contributed by atoms with Crippen LogP contribution in [0.15, 0.2) is 34.1 Å². The average Bonchev–Trinajstić information content (AvgIpc) is 2.43. The fourth-order valence-electron chi connectivity index (χ4n) is 1.92. The molecule has 2 aromatic carbocycles. The van der Waals surface area contributed by atoms with Gasteiger partial charge in [-0.2, -0.15) is 16.8 Å². The van der Waals surface area contributed by atoms with Gasteiger partial charge < -0.3 is 8.37 Å². The van der Waals surface area contributed by atoms with Gasteiger partial charge in [-0.15, -0.1) is 0 Å². The van der Waals surface area contributed by atoms with Crippen molar-refractivity contribution < 1.29 is 25.2 Å². The van der Waals surface area contributed by atoms with Gasteiger partial charge in [0.2, 0.25) is 0 Å². The Morgan fingerprint density at radius 1 is 0.625 bits per heavy atom. The lowest BCUT2D eigenvalue weighted by Gasteiger charge is -2.20. The maximum absolute atomic E-state index is 12.5. The third-order valence-electron chi connectivity index (χ3n) is 2.87. The molecule has 0 aliphatic carbocycles. The van der Waals surface area contributed by atoms with E-state index < -0.39 is 41.5 Å². The van der Waals surface area contributed by atoms with E-state index in [1.54, 1.807) is 0 Å². The molecule has 1 aliphatic heterocycles. The summed E-state index contributed by atoms with van der Waals surface area (Å²) in [7, 11) is -9.06. The smallest absolute Gasteiger partial charge is 0.343 e. The van der Waals surface area contributed by atoms with E-state index in [1.807, 2.05) is 0 Å². The normalized spacial score (nSPS) is 17.5. The lowest BCUT2D eigenvalue weighted by molar-refractivity contribution is 0.444. The van der Waals surface area contributed by atoms with Gasteiger partial charge in [0.25, 0.3) is 0 Å². The Morgan fingerprint density at radius 2 is 0.958 bits per heavy atom. The van der Waals surface area contributed by atoms with E-state index in [-0.39, 0.29) is 20.1 Å². The number of hydrogen-bond acceptors (Lipinski definition) is 6. The average molecular weight is 450 g/mol. The summed E-state index contributed by atoms with van der Waals surface area (Å²) in [5, 5.41) is -0.778. The first-order chi connectivity index (χ1) is 11.0. The van der Waals surface area contributed by atoms with E-state index in [0.29, 0.717) is 0 Å². The molecule has 24 heavy (non-hydrogen) atoms. The van der Waals surface area contributed by atoms with Crippen molar-refractivity contribution in [3.05, 3.63) is 44.4 Å². The summed E-state index contributed by atoms with van der Waals surface area (Å²) in [5.41, 5.74) is 0. The lowest BCUT2D eigenvalue weighted by atomic mass is 10.3. The van der Waals surface area contributed by atoms with Crippen LogP contribution in [0.2, 0.25) is 20.1 Å². The van der Waals surface area contributed by atoms with Crippen molar-refractivity contribution in [2.75, 3.05) is 0 Å². The Morgan fingerprint density at radius 3 is 1.29 bits per heavy atom. The molecule has 0 amide bonds. The topological polar surface area (TPSA) is 86.7 Å². The zero-order valence-corrected chi connectivity index (χ0v) is 15.7. The molecule has 2 aromatic rings. The minimum Gasteiger partial charge on any atom is -0.376 e. The molecular formula is C12H4Cl4O6S2. The van der Waals surface area contributed by atoms with Gasteiger partial charge in [-0.25, -0.2) is 0 Å². The number of rotatable bonds is 0. The maximum atomic E-state index is 12.5. The monoisotopic (exact) mass is 448 g/mol. The molecule has 0 N–H and O–H groups in total. The largest absolute Gasteiger partial charge is 0.376 e. The Bertz CT molecular complexity index is 992. The molecule has 3 rings (SSSR count). The van der Waals surface area contributed by atoms with Crippen LogP contribution in [0.3, 0.4) is 0 Å². The highest BCUT2D eigenvalue weighted by Gasteiger charge is 2.36. The van der Waals surface area contributed by atoms with Crippen LogP contribution in [0.25, 0.3) is 0 Å². The van der Waals surface area contributed by atoms with Crippen LogP contribution in [-0.2, 0) is 20.2 Å². The standard InChI is InChI=1S/C12H4Cl4O6S2/c13-5-1-7(15)11-9(3-5)23(17,18)22-12-8(16)2-6(14)4-10(12)24(19,20)21-11/h1-4H. The van der Waals surface area contributed by atoms with Crippen LogP contribution in [0.1, 0.15) is 0 Å². The highest BCUT2D eigenvalue weighted by atomic mass is 35.5. The van der Waals surface area contributed by atoms with Crippen molar-refractivity contribution in [3.8, 4) is 11.5 Å². The summed E-state index contributed by atoms with van der Waals surface area (Å²) in [4.78, 5) is -1.31. The Balaban J connectivity index is 2.41. The predicted octanol–water partition coefficient (Wildman–Crippen LogP) is 4.15. The van der Waals surface area contributed by atoms with Crippen LogP contribution in [0.5, 0.6) is 11.5 Å². The van der Waals surface area contributed by atoms with E-state index >= 15 is 0 Å². The zero-order valence-electron chi connectivity index (χ0n) is 11.1. The molecule has 0 spiro atoms. The van der Waals surface area contributed by atoms with Crippen LogP contribution in [0, 0.1) is 0 Å². The third kappa shape index (κ3) is 3.02. The molecule has 128 valence electrons. The summed E-state index contributed by atoms with van der Waals surface area (Å²) >= 11 is 23.3. The van der Waals surface area contributed by atoms with Crippen LogP contribution < -0.4 is 8.37 Å². The summed E-state index contributed by atoms with van der Waals surface area (Å²) in [5.74, 6) is -1.27. The van der Waals surface area contributed by atoms with E-state index in [4.69, 9.17) is 54.8 Å². The fourth-order valence-corrected chi connectivity index (χ4v) is 5.70. The second kappa shape index (κ2) is 5.82. The van der Waals surface area contributed by atoms with Crippen molar-refractivity contribution in [3.63, 3.8) is 0 Å². The first kappa shape index (κ1) is 17.9. The minimum atomic E-state index is -4.53. The summed E-state index contributed by atoms with van der Waals surface area (Å²) in [6.45, 7) is 0. The Kier molecular flexibility index (Phi) is 4.35. The highest BCUT2D eigenvalue weighted by molar-refractivity contribution is 7.88. The van der Waals surface area contributed by atoms with Gasteiger partial charge in [0.15, 0.2) is 21.3 Å². The maximum Gasteiger partial charge on any atom is 0.343 e.